The molecule has 1 aromatic heterocycles. The monoisotopic (exact) mass is 425 g/mol. The van der Waals surface area contributed by atoms with E-state index in [2.05, 4.69) is 5.32 Å². The molecule has 1 aromatic rings. The standard InChI is InChI=1S/C20H25F2N3O3S/c1-11(26)17-5-13(10-29-17)18(27)23-14-4-3-12(6-24(2)7-14)19(28)25-8-15-16(9-25)20(15,21)22/h5,10,12,14-16H,3-4,6-9H2,1-2H3,(H,23,27)/t12-,14+,15?,16?/m1/s1. The van der Waals surface area contributed by atoms with Crippen LogP contribution in [0.5, 0.6) is 0 Å². The van der Waals surface area contributed by atoms with E-state index in [1.807, 2.05) is 11.9 Å². The minimum absolute atomic E-state index is 0.0456. The number of halogens is 2. The Bertz CT molecular complexity index is 829. The Morgan fingerprint density at radius 3 is 2.45 bits per heavy atom. The summed E-state index contributed by atoms with van der Waals surface area (Å²) in [6, 6.07) is 1.49. The van der Waals surface area contributed by atoms with Crippen molar-refractivity contribution in [3.05, 3.63) is 21.9 Å². The first-order valence-corrected chi connectivity index (χ1v) is 10.8. The smallest absolute Gasteiger partial charge is 0.258 e. The highest BCUT2D eigenvalue weighted by Crippen LogP contribution is 2.59. The number of hydrogen-bond donors (Lipinski definition) is 1. The maximum absolute atomic E-state index is 13.4. The fraction of sp³-hybridized carbons (Fsp3) is 0.650. The van der Waals surface area contributed by atoms with Crippen LogP contribution in [0.15, 0.2) is 11.4 Å². The Labute approximate surface area is 172 Å². The van der Waals surface area contributed by atoms with Gasteiger partial charge in [-0.25, -0.2) is 8.78 Å². The molecule has 29 heavy (non-hydrogen) atoms. The normalized spacial score (nSPS) is 31.1. The van der Waals surface area contributed by atoms with Gasteiger partial charge in [-0.1, -0.05) is 0 Å². The Morgan fingerprint density at radius 1 is 1.14 bits per heavy atom. The van der Waals surface area contributed by atoms with Crippen molar-refractivity contribution in [1.82, 2.24) is 15.1 Å². The van der Waals surface area contributed by atoms with E-state index >= 15 is 0 Å². The lowest BCUT2D eigenvalue weighted by Gasteiger charge is -2.26. The predicted molar refractivity (Wildman–Crippen MR) is 104 cm³/mol. The molecule has 9 heteroatoms. The Hall–Kier alpha value is -1.87. The molecule has 0 radical (unpaired) electrons. The maximum Gasteiger partial charge on any atom is 0.258 e. The number of nitrogens with zero attached hydrogens (tertiary/aromatic N) is 2. The van der Waals surface area contributed by atoms with Gasteiger partial charge in [0.15, 0.2) is 5.78 Å². The second-order valence-corrected chi connectivity index (χ2v) is 9.46. The van der Waals surface area contributed by atoms with E-state index in [1.165, 1.54) is 18.3 Å². The van der Waals surface area contributed by atoms with Crippen LogP contribution in [-0.2, 0) is 4.79 Å². The number of Topliss-reactive ketones (excluding diaryl/α,β-unsaturated/α-hetero) is 1. The van der Waals surface area contributed by atoms with Crippen molar-refractivity contribution in [2.24, 2.45) is 17.8 Å². The number of likely N-dealkylation sites (N-methyl/N-ethyl adjacent to an activating group) is 1. The molecule has 0 aromatic carbocycles. The molecule has 4 atom stereocenters. The first-order chi connectivity index (χ1) is 13.7. The molecule has 2 saturated heterocycles. The molecule has 3 fully saturated rings. The van der Waals surface area contributed by atoms with Crippen LogP contribution >= 0.6 is 11.3 Å². The lowest BCUT2D eigenvalue weighted by Crippen LogP contribution is -2.42. The van der Waals surface area contributed by atoms with Crippen LogP contribution in [0, 0.1) is 17.8 Å². The predicted octanol–water partition coefficient (Wildman–Crippen LogP) is 2.11. The second kappa shape index (κ2) is 7.43. The summed E-state index contributed by atoms with van der Waals surface area (Å²) in [6.07, 6.45) is 1.26. The fourth-order valence-corrected chi connectivity index (χ4v) is 5.38. The fourth-order valence-electron chi connectivity index (χ4n) is 4.59. The number of ketones is 1. The van der Waals surface area contributed by atoms with Crippen LogP contribution in [-0.4, -0.2) is 72.6 Å². The van der Waals surface area contributed by atoms with Crippen LogP contribution in [0.25, 0.3) is 0 Å². The van der Waals surface area contributed by atoms with Crippen molar-refractivity contribution in [1.29, 1.82) is 0 Å². The van der Waals surface area contributed by atoms with Crippen molar-refractivity contribution in [2.45, 2.75) is 31.7 Å². The van der Waals surface area contributed by atoms with Crippen molar-refractivity contribution in [2.75, 3.05) is 33.2 Å². The van der Waals surface area contributed by atoms with Gasteiger partial charge in [0.2, 0.25) is 5.91 Å². The Morgan fingerprint density at radius 2 is 1.83 bits per heavy atom. The SMILES string of the molecule is CC(=O)c1cc(C(=O)N[C@H]2CC[C@@H](C(=O)N3CC4C(C3)C4(F)F)CN(C)C2)cs1. The molecular formula is C20H25F2N3O3S. The lowest BCUT2D eigenvalue weighted by molar-refractivity contribution is -0.136. The third-order valence-electron chi connectivity index (χ3n) is 6.33. The number of fused-ring (bicyclic) bond motifs is 1. The molecule has 4 rings (SSSR count). The number of likely N-dealkylation sites (tertiary alicyclic amines) is 2. The summed E-state index contributed by atoms with van der Waals surface area (Å²) in [5, 5.41) is 4.68. The average molecular weight is 426 g/mol. The zero-order valence-corrected chi connectivity index (χ0v) is 17.3. The van der Waals surface area contributed by atoms with Gasteiger partial charge >= 0.3 is 0 Å². The number of rotatable bonds is 4. The number of nitrogens with one attached hydrogen (secondary N) is 1. The number of thiophene rings is 1. The zero-order chi connectivity index (χ0) is 20.9. The molecule has 1 saturated carbocycles. The van der Waals surface area contributed by atoms with E-state index in [0.717, 1.165) is 0 Å². The summed E-state index contributed by atoms with van der Waals surface area (Å²) < 4.78 is 26.8. The van der Waals surface area contributed by atoms with Gasteiger partial charge in [-0.2, -0.15) is 0 Å². The molecule has 1 aliphatic carbocycles. The van der Waals surface area contributed by atoms with E-state index in [4.69, 9.17) is 0 Å². The zero-order valence-electron chi connectivity index (χ0n) is 16.5. The summed E-state index contributed by atoms with van der Waals surface area (Å²) >= 11 is 1.25. The number of carbonyl (C=O) groups is 3. The van der Waals surface area contributed by atoms with Gasteiger partial charge < -0.3 is 15.1 Å². The average Bonchev–Trinajstić information content (AvgIpc) is 3.10. The molecule has 6 nitrogen and oxygen atoms in total. The van der Waals surface area contributed by atoms with E-state index in [0.29, 0.717) is 36.4 Å². The molecule has 2 unspecified atom stereocenters. The minimum Gasteiger partial charge on any atom is -0.348 e. The number of piperidine rings is 1. The number of hydrogen-bond acceptors (Lipinski definition) is 5. The highest BCUT2D eigenvalue weighted by Gasteiger charge is 2.72. The molecule has 3 heterocycles. The molecule has 2 amide bonds. The highest BCUT2D eigenvalue weighted by molar-refractivity contribution is 7.12. The third kappa shape index (κ3) is 3.94. The van der Waals surface area contributed by atoms with Crippen molar-refractivity contribution < 1.29 is 23.2 Å². The van der Waals surface area contributed by atoms with Crippen LogP contribution in [0.4, 0.5) is 8.78 Å². The quantitative estimate of drug-likeness (QED) is 0.751. The van der Waals surface area contributed by atoms with Gasteiger partial charge in [-0.3, -0.25) is 14.4 Å². The highest BCUT2D eigenvalue weighted by atomic mass is 32.1. The van der Waals surface area contributed by atoms with Crippen LogP contribution < -0.4 is 5.32 Å². The Kier molecular flexibility index (Phi) is 5.23. The number of amides is 2. The summed E-state index contributed by atoms with van der Waals surface area (Å²) in [5.74, 6) is -4.48. The van der Waals surface area contributed by atoms with E-state index in [1.54, 1.807) is 16.3 Å². The molecular weight excluding hydrogens is 400 g/mol. The minimum atomic E-state index is -2.59. The van der Waals surface area contributed by atoms with Crippen LogP contribution in [0.3, 0.4) is 0 Å². The second-order valence-electron chi connectivity index (χ2n) is 8.55. The number of alkyl halides is 2. The maximum atomic E-state index is 13.4. The number of carbonyl (C=O) groups excluding carboxylic acids is 3. The van der Waals surface area contributed by atoms with Crippen molar-refractivity contribution >= 4 is 28.9 Å². The largest absolute Gasteiger partial charge is 0.348 e. The molecule has 2 aliphatic heterocycles. The van der Waals surface area contributed by atoms with E-state index in [-0.39, 0.29) is 42.6 Å². The van der Waals surface area contributed by atoms with Crippen LogP contribution in [0.2, 0.25) is 0 Å². The van der Waals surface area contributed by atoms with Gasteiger partial charge in [0, 0.05) is 37.6 Å². The first kappa shape index (κ1) is 20.4. The van der Waals surface area contributed by atoms with Crippen LogP contribution in [0.1, 0.15) is 39.8 Å². The van der Waals surface area contributed by atoms with E-state index in [9.17, 15) is 23.2 Å². The van der Waals surface area contributed by atoms with Gasteiger partial charge in [-0.15, -0.1) is 11.3 Å². The molecule has 0 spiro atoms. The van der Waals surface area contributed by atoms with E-state index < -0.39 is 17.8 Å². The molecule has 158 valence electrons. The lowest BCUT2D eigenvalue weighted by atomic mass is 10.00. The molecule has 1 N–H and O–H groups in total. The third-order valence-corrected chi connectivity index (χ3v) is 7.36. The summed E-state index contributed by atoms with van der Waals surface area (Å²) in [7, 11) is 1.90. The molecule has 0 bridgehead atoms. The summed E-state index contributed by atoms with van der Waals surface area (Å²) in [5.41, 5.74) is 0.469. The van der Waals surface area contributed by atoms with Gasteiger partial charge in [0.1, 0.15) is 0 Å². The first-order valence-electron chi connectivity index (χ1n) is 9.92. The van der Waals surface area contributed by atoms with Gasteiger partial charge in [0.25, 0.3) is 11.8 Å². The Balaban J connectivity index is 1.32. The van der Waals surface area contributed by atoms with Gasteiger partial charge in [0.05, 0.1) is 28.2 Å². The van der Waals surface area contributed by atoms with Crippen molar-refractivity contribution in [3.8, 4) is 0 Å². The summed E-state index contributed by atoms with van der Waals surface area (Å²) in [6.45, 7) is 2.96. The topological polar surface area (TPSA) is 69.7 Å². The molecule has 3 aliphatic rings. The van der Waals surface area contributed by atoms with Crippen molar-refractivity contribution in [3.63, 3.8) is 0 Å². The summed E-state index contributed by atoms with van der Waals surface area (Å²) in [4.78, 5) is 40.9. The van der Waals surface area contributed by atoms with Gasteiger partial charge in [-0.05, 0) is 32.9 Å².